The van der Waals surface area contributed by atoms with Crippen LogP contribution in [0.15, 0.2) is 23.7 Å². The molecule has 1 heterocycles. The topological polar surface area (TPSA) is 73.7 Å². The highest BCUT2D eigenvalue weighted by Gasteiger charge is 2.18. The van der Waals surface area contributed by atoms with Gasteiger partial charge in [0, 0.05) is 11.9 Å². The van der Waals surface area contributed by atoms with Gasteiger partial charge in [-0.1, -0.05) is 6.07 Å². The van der Waals surface area contributed by atoms with Crippen molar-refractivity contribution in [1.82, 2.24) is 9.88 Å². The maximum atomic E-state index is 12.2. The van der Waals surface area contributed by atoms with Crippen LogP contribution in [-0.2, 0) is 6.54 Å². The number of benzene rings is 1. The lowest BCUT2D eigenvalue weighted by Gasteiger charge is -2.17. The Balaban J connectivity index is 2.20. The van der Waals surface area contributed by atoms with Crippen molar-refractivity contribution in [2.24, 2.45) is 0 Å². The average Bonchev–Trinajstić information content (AvgIpc) is 2.77. The van der Waals surface area contributed by atoms with E-state index in [1.54, 1.807) is 12.6 Å². The molecule has 5 nitrogen and oxygen atoms in total. The van der Waals surface area contributed by atoms with E-state index in [9.17, 15) is 15.0 Å². The van der Waals surface area contributed by atoms with Gasteiger partial charge in [0.2, 0.25) is 0 Å². The van der Waals surface area contributed by atoms with Gasteiger partial charge in [0.05, 0.1) is 23.3 Å². The molecule has 0 aliphatic heterocycles. The second kappa shape index (κ2) is 5.27. The lowest BCUT2D eigenvalue weighted by atomic mass is 10.1. The number of nitrogens with zero attached hydrogens (tertiary/aromatic N) is 2. The molecule has 6 heteroatoms. The molecule has 0 atom stereocenters. The van der Waals surface area contributed by atoms with Crippen molar-refractivity contribution < 1.29 is 15.0 Å². The fraction of sp³-hybridized carbons (Fsp3) is 0.231. The van der Waals surface area contributed by atoms with Crippen molar-refractivity contribution in [2.75, 3.05) is 7.05 Å². The van der Waals surface area contributed by atoms with Gasteiger partial charge in [-0.3, -0.25) is 4.79 Å². The van der Waals surface area contributed by atoms with Crippen LogP contribution in [0.3, 0.4) is 0 Å². The first-order chi connectivity index (χ1) is 9.00. The molecule has 0 radical (unpaired) electrons. The van der Waals surface area contributed by atoms with Crippen LogP contribution in [0, 0.1) is 6.92 Å². The monoisotopic (exact) mass is 278 g/mol. The Morgan fingerprint density at radius 1 is 1.42 bits per heavy atom. The molecule has 1 amide bonds. The molecule has 0 saturated carbocycles. The van der Waals surface area contributed by atoms with Crippen LogP contribution in [0.2, 0.25) is 0 Å². The SMILES string of the molecule is Cc1ncsc1CN(C)C(=O)c1cccc(O)c1O. The molecule has 2 N–H and O–H groups in total. The van der Waals surface area contributed by atoms with Crippen molar-refractivity contribution in [3.63, 3.8) is 0 Å². The maximum Gasteiger partial charge on any atom is 0.257 e. The number of para-hydroxylation sites is 1. The predicted molar refractivity (Wildman–Crippen MR) is 72.4 cm³/mol. The van der Waals surface area contributed by atoms with E-state index in [0.29, 0.717) is 6.54 Å². The largest absolute Gasteiger partial charge is 0.504 e. The summed E-state index contributed by atoms with van der Waals surface area (Å²) in [5.74, 6) is -1.03. The number of carbonyl (C=O) groups is 1. The number of thiazole rings is 1. The van der Waals surface area contributed by atoms with Crippen molar-refractivity contribution in [3.8, 4) is 11.5 Å². The van der Waals surface area contributed by atoms with Crippen LogP contribution in [0.4, 0.5) is 0 Å². The van der Waals surface area contributed by atoms with E-state index >= 15 is 0 Å². The molecule has 0 aliphatic rings. The Morgan fingerprint density at radius 2 is 2.16 bits per heavy atom. The summed E-state index contributed by atoms with van der Waals surface area (Å²) >= 11 is 1.48. The quantitative estimate of drug-likeness (QED) is 0.844. The molecule has 0 aliphatic carbocycles. The Bertz CT molecular complexity index is 610. The van der Waals surface area contributed by atoms with Gasteiger partial charge < -0.3 is 15.1 Å². The number of aromatic hydroxyl groups is 2. The van der Waals surface area contributed by atoms with Crippen molar-refractivity contribution in [3.05, 3.63) is 39.8 Å². The van der Waals surface area contributed by atoms with E-state index in [1.165, 1.54) is 34.4 Å². The van der Waals surface area contributed by atoms with E-state index in [-0.39, 0.29) is 23.0 Å². The second-order valence-electron chi connectivity index (χ2n) is 4.20. The number of hydrogen-bond donors (Lipinski definition) is 2. The fourth-order valence-electron chi connectivity index (χ4n) is 1.67. The Kier molecular flexibility index (Phi) is 3.71. The van der Waals surface area contributed by atoms with Gasteiger partial charge in [-0.2, -0.15) is 0 Å². The lowest BCUT2D eigenvalue weighted by molar-refractivity contribution is 0.0782. The third kappa shape index (κ3) is 2.68. The maximum absolute atomic E-state index is 12.2. The summed E-state index contributed by atoms with van der Waals surface area (Å²) in [4.78, 5) is 18.8. The van der Waals surface area contributed by atoms with E-state index < -0.39 is 0 Å². The molecule has 0 saturated heterocycles. The zero-order valence-corrected chi connectivity index (χ0v) is 11.4. The first-order valence-corrected chi connectivity index (χ1v) is 6.54. The zero-order valence-electron chi connectivity index (χ0n) is 10.6. The summed E-state index contributed by atoms with van der Waals surface area (Å²) in [7, 11) is 1.64. The molecule has 0 unspecified atom stereocenters. The number of amides is 1. The van der Waals surface area contributed by atoms with E-state index in [1.807, 2.05) is 6.92 Å². The number of aromatic nitrogens is 1. The Morgan fingerprint density at radius 3 is 2.79 bits per heavy atom. The summed E-state index contributed by atoms with van der Waals surface area (Å²) in [6, 6.07) is 4.33. The standard InChI is InChI=1S/C13H14N2O3S/c1-8-11(19-7-14-8)6-15(2)13(18)9-4-3-5-10(16)12(9)17/h3-5,7,16-17H,6H2,1-2H3. The molecule has 19 heavy (non-hydrogen) atoms. The van der Waals surface area contributed by atoms with E-state index in [2.05, 4.69) is 4.98 Å². The van der Waals surface area contributed by atoms with E-state index in [0.717, 1.165) is 10.6 Å². The second-order valence-corrected chi connectivity index (χ2v) is 5.13. The molecule has 0 fully saturated rings. The smallest absolute Gasteiger partial charge is 0.257 e. The highest BCUT2D eigenvalue weighted by molar-refractivity contribution is 7.09. The minimum absolute atomic E-state index is 0.0877. The fourth-order valence-corrected chi connectivity index (χ4v) is 2.50. The van der Waals surface area contributed by atoms with Crippen LogP contribution in [0.25, 0.3) is 0 Å². The average molecular weight is 278 g/mol. The van der Waals surface area contributed by atoms with Crippen LogP contribution in [0.1, 0.15) is 20.9 Å². The lowest BCUT2D eigenvalue weighted by Crippen LogP contribution is -2.26. The molecular weight excluding hydrogens is 264 g/mol. The van der Waals surface area contributed by atoms with Crippen LogP contribution >= 0.6 is 11.3 Å². The van der Waals surface area contributed by atoms with Gasteiger partial charge in [0.15, 0.2) is 11.5 Å². The van der Waals surface area contributed by atoms with Gasteiger partial charge in [-0.15, -0.1) is 11.3 Å². The third-order valence-corrected chi connectivity index (χ3v) is 3.74. The van der Waals surface area contributed by atoms with Gasteiger partial charge in [-0.25, -0.2) is 4.98 Å². The molecule has 2 rings (SSSR count). The van der Waals surface area contributed by atoms with Crippen molar-refractivity contribution in [1.29, 1.82) is 0 Å². The highest BCUT2D eigenvalue weighted by Crippen LogP contribution is 2.29. The molecule has 1 aromatic carbocycles. The first kappa shape index (κ1) is 13.4. The van der Waals surface area contributed by atoms with Crippen LogP contribution < -0.4 is 0 Å². The summed E-state index contributed by atoms with van der Waals surface area (Å²) < 4.78 is 0. The van der Waals surface area contributed by atoms with E-state index in [4.69, 9.17) is 0 Å². The molecule has 0 bridgehead atoms. The van der Waals surface area contributed by atoms with Gasteiger partial charge in [0.25, 0.3) is 5.91 Å². The van der Waals surface area contributed by atoms with Crippen LogP contribution in [0.5, 0.6) is 11.5 Å². The molecule has 0 spiro atoms. The number of carbonyl (C=O) groups excluding carboxylic acids is 1. The van der Waals surface area contributed by atoms with Gasteiger partial charge >= 0.3 is 0 Å². The number of phenols is 2. The number of rotatable bonds is 3. The minimum Gasteiger partial charge on any atom is -0.504 e. The third-order valence-electron chi connectivity index (χ3n) is 2.82. The minimum atomic E-state index is -0.389. The molecule has 2 aromatic rings. The van der Waals surface area contributed by atoms with Gasteiger partial charge in [0.1, 0.15) is 0 Å². The molecule has 100 valence electrons. The van der Waals surface area contributed by atoms with Gasteiger partial charge in [-0.05, 0) is 19.1 Å². The normalized spacial score (nSPS) is 10.4. The summed E-state index contributed by atoms with van der Waals surface area (Å²) in [5, 5.41) is 19.1. The number of phenolic OH excluding ortho intramolecular Hbond substituents is 2. The van der Waals surface area contributed by atoms with Crippen molar-refractivity contribution >= 4 is 17.2 Å². The molecular formula is C13H14N2O3S. The summed E-state index contributed by atoms with van der Waals surface area (Å²) in [5.41, 5.74) is 2.71. The zero-order chi connectivity index (χ0) is 14.0. The Labute approximate surface area is 114 Å². The Hall–Kier alpha value is -2.08. The predicted octanol–water partition coefficient (Wildman–Crippen LogP) is 2.13. The van der Waals surface area contributed by atoms with Crippen molar-refractivity contribution in [2.45, 2.75) is 13.5 Å². The van der Waals surface area contributed by atoms with Crippen LogP contribution in [-0.4, -0.2) is 33.1 Å². The summed E-state index contributed by atoms with van der Waals surface area (Å²) in [6.07, 6.45) is 0. The highest BCUT2D eigenvalue weighted by atomic mass is 32.1. The number of aryl methyl sites for hydroxylation is 1. The number of hydrogen-bond acceptors (Lipinski definition) is 5. The first-order valence-electron chi connectivity index (χ1n) is 5.66. The summed E-state index contributed by atoms with van der Waals surface area (Å²) in [6.45, 7) is 2.31. The molecule has 1 aromatic heterocycles.